The molecule has 1 aromatic heterocycles. The van der Waals surface area contributed by atoms with E-state index in [1.54, 1.807) is 30.3 Å². The number of benzene rings is 2. The van der Waals surface area contributed by atoms with Gasteiger partial charge in [0, 0.05) is 17.2 Å². The molecule has 0 N–H and O–H groups in total. The van der Waals surface area contributed by atoms with Crippen LogP contribution < -0.4 is 0 Å². The molecule has 0 aliphatic carbocycles. The molecule has 0 aliphatic rings. The van der Waals surface area contributed by atoms with Crippen molar-refractivity contribution in [3.63, 3.8) is 0 Å². The van der Waals surface area contributed by atoms with Crippen LogP contribution in [0.25, 0.3) is 28.3 Å². The van der Waals surface area contributed by atoms with Crippen LogP contribution >= 0.6 is 0 Å². The van der Waals surface area contributed by atoms with Crippen molar-refractivity contribution >= 4 is 5.57 Å². The molecule has 2 aromatic carbocycles. The third-order valence-corrected chi connectivity index (χ3v) is 3.78. The Morgan fingerprint density at radius 3 is 2.00 bits per heavy atom. The Labute approximate surface area is 158 Å². The number of halogens is 4. The highest BCUT2D eigenvalue weighted by Gasteiger charge is 2.24. The lowest BCUT2D eigenvalue weighted by Gasteiger charge is -2.10. The lowest BCUT2D eigenvalue weighted by atomic mass is 10.1. The van der Waals surface area contributed by atoms with Crippen LogP contribution in [0.1, 0.15) is 5.82 Å². The first-order chi connectivity index (χ1) is 13.5. The van der Waals surface area contributed by atoms with E-state index in [-0.39, 0.29) is 17.7 Å². The lowest BCUT2D eigenvalue weighted by Crippen LogP contribution is -2.06. The molecule has 0 saturated carbocycles. The largest absolute Gasteiger partial charge is 0.208 e. The molecule has 140 valence electrons. The van der Waals surface area contributed by atoms with Gasteiger partial charge in [-0.1, -0.05) is 61.7 Å². The van der Waals surface area contributed by atoms with E-state index in [0.29, 0.717) is 11.1 Å². The first-order valence-electron chi connectivity index (χ1n) is 8.06. The topological polar surface area (TPSA) is 38.7 Å². The third-order valence-electron chi connectivity index (χ3n) is 3.78. The fourth-order valence-corrected chi connectivity index (χ4v) is 2.46. The van der Waals surface area contributed by atoms with Crippen LogP contribution in [0.2, 0.25) is 0 Å². The molecule has 0 amide bonds. The summed E-state index contributed by atoms with van der Waals surface area (Å²) in [5, 5.41) is 0. The summed E-state index contributed by atoms with van der Waals surface area (Å²) in [6.07, 6.45) is 4.39. The van der Waals surface area contributed by atoms with E-state index >= 15 is 0 Å². The second-order valence-electron chi connectivity index (χ2n) is 5.58. The summed E-state index contributed by atoms with van der Waals surface area (Å²) in [7, 11) is 0. The zero-order chi connectivity index (χ0) is 20.3. The van der Waals surface area contributed by atoms with E-state index < -0.39 is 34.7 Å². The molecule has 0 aliphatic heterocycles. The number of hydrogen-bond acceptors (Lipinski definition) is 3. The highest BCUT2D eigenvalue weighted by molar-refractivity contribution is 5.73. The smallest absolute Gasteiger partial charge is 0.173 e. The monoisotopic (exact) mass is 383 g/mol. The zero-order valence-electron chi connectivity index (χ0n) is 14.5. The van der Waals surface area contributed by atoms with Gasteiger partial charge in [0.25, 0.3) is 0 Å². The first kappa shape index (κ1) is 19.2. The van der Waals surface area contributed by atoms with Gasteiger partial charge in [0.1, 0.15) is 0 Å². The SMILES string of the molecule is C=C/C=C(\C=C)c1nc(-c2ccccc2)nc(-c2c(F)c(F)cc(F)c2F)n1. The van der Waals surface area contributed by atoms with E-state index in [1.807, 2.05) is 0 Å². The van der Waals surface area contributed by atoms with Crippen molar-refractivity contribution in [1.82, 2.24) is 15.0 Å². The van der Waals surface area contributed by atoms with E-state index in [4.69, 9.17) is 0 Å². The molecule has 3 aromatic rings. The molecule has 0 bridgehead atoms. The first-order valence-corrected chi connectivity index (χ1v) is 8.06. The molecule has 0 spiro atoms. The Hall–Kier alpha value is -3.61. The fourth-order valence-electron chi connectivity index (χ4n) is 2.46. The average molecular weight is 383 g/mol. The molecule has 0 atom stereocenters. The Bertz CT molecular complexity index is 1070. The third kappa shape index (κ3) is 3.59. The molecule has 0 fully saturated rings. The van der Waals surface area contributed by atoms with E-state index in [1.165, 1.54) is 18.2 Å². The van der Waals surface area contributed by atoms with Crippen LogP contribution in [-0.2, 0) is 0 Å². The standard InChI is InChI=1S/C21H13F4N3/c1-3-8-12(4-2)19-26-20(13-9-6-5-7-10-13)28-21(27-19)16-17(24)14(22)11-15(23)18(16)25/h3-11H,1-2H2/b12-8+. The minimum atomic E-state index is -1.59. The van der Waals surface area contributed by atoms with Crippen LogP contribution in [0.15, 0.2) is 67.8 Å². The quantitative estimate of drug-likeness (QED) is 0.331. The van der Waals surface area contributed by atoms with E-state index in [0.717, 1.165) is 0 Å². The maximum Gasteiger partial charge on any atom is 0.173 e. The van der Waals surface area contributed by atoms with Gasteiger partial charge in [-0.25, -0.2) is 32.5 Å². The van der Waals surface area contributed by atoms with Crippen LogP contribution in [0.3, 0.4) is 0 Å². The van der Waals surface area contributed by atoms with Crippen molar-refractivity contribution in [3.05, 3.63) is 96.9 Å². The summed E-state index contributed by atoms with van der Waals surface area (Å²) >= 11 is 0. The van der Waals surface area contributed by atoms with Gasteiger partial charge >= 0.3 is 0 Å². The normalized spacial score (nSPS) is 11.4. The van der Waals surface area contributed by atoms with Crippen molar-refractivity contribution in [1.29, 1.82) is 0 Å². The van der Waals surface area contributed by atoms with Gasteiger partial charge in [0.05, 0.1) is 5.56 Å². The molecule has 0 radical (unpaired) electrons. The summed E-state index contributed by atoms with van der Waals surface area (Å²) < 4.78 is 55.9. The molecular formula is C21H13F4N3. The molecule has 3 rings (SSSR count). The maximum absolute atomic E-state index is 14.3. The Balaban J connectivity index is 2.35. The molecule has 1 heterocycles. The van der Waals surface area contributed by atoms with Gasteiger partial charge < -0.3 is 0 Å². The highest BCUT2D eigenvalue weighted by Crippen LogP contribution is 2.29. The van der Waals surface area contributed by atoms with Crippen molar-refractivity contribution in [2.24, 2.45) is 0 Å². The molecule has 0 unspecified atom stereocenters. The highest BCUT2D eigenvalue weighted by atomic mass is 19.2. The number of allylic oxidation sites excluding steroid dienone is 4. The van der Waals surface area contributed by atoms with Gasteiger partial charge in [-0.15, -0.1) is 0 Å². The van der Waals surface area contributed by atoms with Crippen molar-refractivity contribution in [2.45, 2.75) is 0 Å². The lowest BCUT2D eigenvalue weighted by molar-refractivity contribution is 0.457. The van der Waals surface area contributed by atoms with Crippen LogP contribution in [0, 0.1) is 23.3 Å². The minimum Gasteiger partial charge on any atom is -0.208 e. The van der Waals surface area contributed by atoms with Crippen molar-refractivity contribution < 1.29 is 17.6 Å². The van der Waals surface area contributed by atoms with Crippen LogP contribution in [0.5, 0.6) is 0 Å². The summed E-state index contributed by atoms with van der Waals surface area (Å²) in [6, 6.07) is 8.67. The summed E-state index contributed by atoms with van der Waals surface area (Å²) in [5.41, 5.74) is -0.110. The number of rotatable bonds is 5. The second kappa shape index (κ2) is 7.96. The number of hydrogen-bond donors (Lipinski definition) is 0. The number of nitrogens with zero attached hydrogens (tertiary/aromatic N) is 3. The zero-order valence-corrected chi connectivity index (χ0v) is 14.5. The van der Waals surface area contributed by atoms with Crippen LogP contribution in [-0.4, -0.2) is 15.0 Å². The van der Waals surface area contributed by atoms with E-state index in [2.05, 4.69) is 28.1 Å². The summed E-state index contributed by atoms with van der Waals surface area (Å²) in [5.74, 6) is -6.76. The van der Waals surface area contributed by atoms with Gasteiger partial charge in [-0.2, -0.15) is 0 Å². The fraction of sp³-hybridized carbons (Fsp3) is 0. The molecule has 28 heavy (non-hydrogen) atoms. The van der Waals surface area contributed by atoms with Crippen molar-refractivity contribution in [3.8, 4) is 22.8 Å². The van der Waals surface area contributed by atoms with Gasteiger partial charge in [0.15, 0.2) is 40.7 Å². The van der Waals surface area contributed by atoms with Crippen LogP contribution in [0.4, 0.5) is 17.6 Å². The van der Waals surface area contributed by atoms with E-state index in [9.17, 15) is 17.6 Å². The van der Waals surface area contributed by atoms with Gasteiger partial charge in [0.2, 0.25) is 0 Å². The van der Waals surface area contributed by atoms with Crippen molar-refractivity contribution in [2.75, 3.05) is 0 Å². The van der Waals surface area contributed by atoms with Gasteiger partial charge in [-0.05, 0) is 0 Å². The average Bonchev–Trinajstić information content (AvgIpc) is 2.71. The molecule has 7 heteroatoms. The summed E-state index contributed by atoms with van der Waals surface area (Å²) in [6.45, 7) is 7.21. The second-order valence-corrected chi connectivity index (χ2v) is 5.58. The van der Waals surface area contributed by atoms with Gasteiger partial charge in [-0.3, -0.25) is 0 Å². The predicted octanol–water partition coefficient (Wildman–Crippen LogP) is 5.52. The summed E-state index contributed by atoms with van der Waals surface area (Å²) in [4.78, 5) is 12.3. The molecule has 3 nitrogen and oxygen atoms in total. The molecular weight excluding hydrogens is 370 g/mol. The number of aromatic nitrogens is 3. The Morgan fingerprint density at radius 1 is 0.821 bits per heavy atom. The Morgan fingerprint density at radius 2 is 1.43 bits per heavy atom. The Kier molecular flexibility index (Phi) is 5.44. The minimum absolute atomic E-state index is 0.0159. The maximum atomic E-state index is 14.3. The molecule has 0 saturated heterocycles. The predicted molar refractivity (Wildman–Crippen MR) is 98.9 cm³/mol.